The second-order valence-corrected chi connectivity index (χ2v) is 6.46. The van der Waals surface area contributed by atoms with Crippen LogP contribution in [0.5, 0.6) is 23.0 Å². The van der Waals surface area contributed by atoms with E-state index in [1.807, 2.05) is 17.5 Å². The lowest BCUT2D eigenvalue weighted by Gasteiger charge is -2.11. The van der Waals surface area contributed by atoms with E-state index in [-0.39, 0.29) is 5.91 Å². The third kappa shape index (κ3) is 3.86. The molecule has 0 bridgehead atoms. The molecule has 1 N–H and O–H groups in total. The number of para-hydroxylation sites is 1. The Morgan fingerprint density at radius 1 is 0.964 bits per heavy atom. The van der Waals surface area contributed by atoms with E-state index in [0.29, 0.717) is 39.4 Å². The van der Waals surface area contributed by atoms with Crippen LogP contribution in [0.3, 0.4) is 0 Å². The zero-order valence-corrected chi connectivity index (χ0v) is 16.8. The predicted molar refractivity (Wildman–Crippen MR) is 108 cm³/mol. The van der Waals surface area contributed by atoms with Gasteiger partial charge in [0, 0.05) is 17.0 Å². The van der Waals surface area contributed by atoms with E-state index >= 15 is 0 Å². The topological polar surface area (TPSA) is 78.9 Å². The summed E-state index contributed by atoms with van der Waals surface area (Å²) in [6, 6.07) is 10.6. The molecule has 0 aliphatic rings. The van der Waals surface area contributed by atoms with E-state index in [0.717, 1.165) is 5.56 Å². The van der Waals surface area contributed by atoms with Crippen LogP contribution in [0.4, 0.5) is 5.13 Å². The van der Waals surface area contributed by atoms with Crippen molar-refractivity contribution in [3.63, 3.8) is 0 Å². The molecule has 3 aromatic rings. The van der Waals surface area contributed by atoms with Crippen molar-refractivity contribution in [1.82, 2.24) is 4.98 Å². The highest BCUT2D eigenvalue weighted by Gasteiger charge is 2.18. The number of aromatic nitrogens is 1. The van der Waals surface area contributed by atoms with Crippen LogP contribution < -0.4 is 24.3 Å². The molecular weight excluding hydrogens is 380 g/mol. The minimum Gasteiger partial charge on any atom is -0.497 e. The molecule has 0 saturated carbocycles. The Labute approximate surface area is 166 Å². The van der Waals surface area contributed by atoms with Crippen LogP contribution in [0.15, 0.2) is 41.8 Å². The van der Waals surface area contributed by atoms with E-state index in [1.54, 1.807) is 38.5 Å². The van der Waals surface area contributed by atoms with Crippen LogP contribution in [0.25, 0.3) is 11.3 Å². The summed E-state index contributed by atoms with van der Waals surface area (Å²) in [7, 11) is 6.20. The van der Waals surface area contributed by atoms with Gasteiger partial charge in [0.1, 0.15) is 11.5 Å². The summed E-state index contributed by atoms with van der Waals surface area (Å²) < 4.78 is 21.2. The summed E-state index contributed by atoms with van der Waals surface area (Å²) in [6.45, 7) is 0. The van der Waals surface area contributed by atoms with Crippen molar-refractivity contribution in [2.75, 3.05) is 33.8 Å². The average Bonchev–Trinajstić information content (AvgIpc) is 3.20. The first kappa shape index (κ1) is 19.5. The second kappa shape index (κ2) is 8.62. The molecule has 0 unspecified atom stereocenters. The van der Waals surface area contributed by atoms with Gasteiger partial charge in [-0.25, -0.2) is 4.98 Å². The van der Waals surface area contributed by atoms with Gasteiger partial charge in [-0.3, -0.25) is 10.1 Å². The SMILES string of the molecule is COc1ccc(-c2csc(NC(=O)c3cccc(OC)c3OC)n2)c(OC)c1. The molecule has 0 radical (unpaired) electrons. The van der Waals surface area contributed by atoms with Crippen LogP contribution in [0.2, 0.25) is 0 Å². The molecule has 0 aliphatic carbocycles. The number of benzene rings is 2. The fourth-order valence-electron chi connectivity index (χ4n) is 2.70. The van der Waals surface area contributed by atoms with Crippen LogP contribution >= 0.6 is 11.3 Å². The maximum absolute atomic E-state index is 12.7. The molecule has 2 aromatic carbocycles. The third-order valence-corrected chi connectivity index (χ3v) is 4.81. The number of nitrogens with one attached hydrogen (secondary N) is 1. The number of amides is 1. The fraction of sp³-hybridized carbons (Fsp3) is 0.200. The monoisotopic (exact) mass is 400 g/mol. The normalized spacial score (nSPS) is 10.3. The summed E-state index contributed by atoms with van der Waals surface area (Å²) >= 11 is 1.32. The van der Waals surface area contributed by atoms with Crippen molar-refractivity contribution >= 4 is 22.4 Å². The molecular formula is C20H20N2O5S. The zero-order valence-electron chi connectivity index (χ0n) is 15.9. The Balaban J connectivity index is 1.85. The summed E-state index contributed by atoms with van der Waals surface area (Å²) in [6.07, 6.45) is 0. The second-order valence-electron chi connectivity index (χ2n) is 5.60. The molecule has 1 amide bonds. The molecule has 146 valence electrons. The maximum atomic E-state index is 12.7. The fourth-order valence-corrected chi connectivity index (χ4v) is 3.40. The van der Waals surface area contributed by atoms with E-state index < -0.39 is 0 Å². The molecule has 1 heterocycles. The van der Waals surface area contributed by atoms with Gasteiger partial charge in [0.25, 0.3) is 5.91 Å². The van der Waals surface area contributed by atoms with Gasteiger partial charge in [-0.1, -0.05) is 6.07 Å². The van der Waals surface area contributed by atoms with Gasteiger partial charge in [0.15, 0.2) is 16.6 Å². The maximum Gasteiger partial charge on any atom is 0.261 e. The van der Waals surface area contributed by atoms with Crippen LogP contribution in [-0.2, 0) is 0 Å². The number of carbonyl (C=O) groups excluding carboxylic acids is 1. The Hall–Kier alpha value is -3.26. The van der Waals surface area contributed by atoms with E-state index in [1.165, 1.54) is 25.6 Å². The first-order valence-corrected chi connectivity index (χ1v) is 9.19. The van der Waals surface area contributed by atoms with Crippen molar-refractivity contribution in [3.05, 3.63) is 47.3 Å². The van der Waals surface area contributed by atoms with Crippen molar-refractivity contribution < 1.29 is 23.7 Å². The van der Waals surface area contributed by atoms with Crippen molar-refractivity contribution in [2.45, 2.75) is 0 Å². The number of methoxy groups -OCH3 is 4. The minimum atomic E-state index is -0.335. The number of nitrogens with zero attached hydrogens (tertiary/aromatic N) is 1. The number of thiazole rings is 1. The Morgan fingerprint density at radius 3 is 2.43 bits per heavy atom. The van der Waals surface area contributed by atoms with Gasteiger partial charge < -0.3 is 18.9 Å². The standard InChI is InChI=1S/C20H20N2O5S/c1-24-12-8-9-13(17(10-12)26-3)15-11-28-20(21-15)22-19(23)14-6-5-7-16(25-2)18(14)27-4/h5-11H,1-4H3,(H,21,22,23). The third-order valence-electron chi connectivity index (χ3n) is 4.06. The summed E-state index contributed by atoms with van der Waals surface area (Å²) in [5.74, 6) is 1.85. The summed E-state index contributed by atoms with van der Waals surface area (Å²) in [5.41, 5.74) is 1.86. The van der Waals surface area contributed by atoms with Crippen molar-refractivity contribution in [3.8, 4) is 34.3 Å². The van der Waals surface area contributed by atoms with Gasteiger partial charge in [0.2, 0.25) is 0 Å². The number of ether oxygens (including phenoxy) is 4. The quantitative estimate of drug-likeness (QED) is 0.643. The Kier molecular flexibility index (Phi) is 6.00. The molecule has 0 fully saturated rings. The molecule has 8 heteroatoms. The minimum absolute atomic E-state index is 0.335. The van der Waals surface area contributed by atoms with Gasteiger partial charge >= 0.3 is 0 Å². The lowest BCUT2D eigenvalue weighted by atomic mass is 10.1. The van der Waals surface area contributed by atoms with E-state index in [9.17, 15) is 4.79 Å². The Bertz CT molecular complexity index is 986. The van der Waals surface area contributed by atoms with Crippen LogP contribution in [-0.4, -0.2) is 39.3 Å². The van der Waals surface area contributed by atoms with Gasteiger partial charge in [-0.2, -0.15) is 0 Å². The largest absolute Gasteiger partial charge is 0.497 e. The summed E-state index contributed by atoms with van der Waals surface area (Å²) in [4.78, 5) is 17.2. The molecule has 7 nitrogen and oxygen atoms in total. The van der Waals surface area contributed by atoms with Crippen molar-refractivity contribution in [2.24, 2.45) is 0 Å². The highest BCUT2D eigenvalue weighted by atomic mass is 32.1. The smallest absolute Gasteiger partial charge is 0.261 e. The van der Waals surface area contributed by atoms with Crippen molar-refractivity contribution in [1.29, 1.82) is 0 Å². The predicted octanol–water partition coefficient (Wildman–Crippen LogP) is 4.10. The number of carbonyl (C=O) groups is 1. The average molecular weight is 400 g/mol. The summed E-state index contributed by atoms with van der Waals surface area (Å²) in [5, 5.41) is 5.11. The highest BCUT2D eigenvalue weighted by molar-refractivity contribution is 7.14. The first-order chi connectivity index (χ1) is 13.6. The number of hydrogen-bond acceptors (Lipinski definition) is 7. The molecule has 28 heavy (non-hydrogen) atoms. The van der Waals surface area contributed by atoms with Gasteiger partial charge in [0.05, 0.1) is 39.7 Å². The molecule has 0 atom stereocenters. The molecule has 0 aliphatic heterocycles. The van der Waals surface area contributed by atoms with Crippen LogP contribution in [0, 0.1) is 0 Å². The van der Waals surface area contributed by atoms with Crippen LogP contribution in [0.1, 0.15) is 10.4 Å². The number of hydrogen-bond donors (Lipinski definition) is 1. The molecule has 1 aromatic heterocycles. The molecule has 0 saturated heterocycles. The van der Waals surface area contributed by atoms with Gasteiger partial charge in [-0.15, -0.1) is 11.3 Å². The molecule has 0 spiro atoms. The lowest BCUT2D eigenvalue weighted by Crippen LogP contribution is -2.13. The van der Waals surface area contributed by atoms with Gasteiger partial charge in [-0.05, 0) is 24.3 Å². The number of rotatable bonds is 7. The lowest BCUT2D eigenvalue weighted by molar-refractivity contribution is 0.102. The molecule has 3 rings (SSSR count). The zero-order chi connectivity index (χ0) is 20.1. The van der Waals surface area contributed by atoms with E-state index in [2.05, 4.69) is 10.3 Å². The number of anilines is 1. The Morgan fingerprint density at radius 2 is 1.75 bits per heavy atom. The first-order valence-electron chi connectivity index (χ1n) is 8.31. The highest BCUT2D eigenvalue weighted by Crippen LogP contribution is 2.35. The van der Waals surface area contributed by atoms with E-state index in [4.69, 9.17) is 18.9 Å².